The molecule has 2 N–H and O–H groups in total. The minimum Gasteiger partial charge on any atom is -0.370 e. The first-order chi connectivity index (χ1) is 12.5. The molecule has 8 heteroatoms. The SMILES string of the molecule is Cl.NC(CC(=O)N1CCOC(c2cc(F)c(Cl)cc2Cl)C1)c1ccccc1. The highest BCUT2D eigenvalue weighted by molar-refractivity contribution is 6.35. The second-order valence-corrected chi connectivity index (χ2v) is 7.02. The van der Waals surface area contributed by atoms with E-state index in [4.69, 9.17) is 33.7 Å². The molecule has 2 atom stereocenters. The molecular formula is C19H20Cl3FN2O2. The third-order valence-electron chi connectivity index (χ3n) is 4.43. The smallest absolute Gasteiger partial charge is 0.224 e. The molecule has 0 aromatic heterocycles. The third kappa shape index (κ3) is 5.33. The first-order valence-corrected chi connectivity index (χ1v) is 9.05. The van der Waals surface area contributed by atoms with Crippen molar-refractivity contribution in [2.45, 2.75) is 18.6 Å². The Balaban J connectivity index is 0.00000261. The van der Waals surface area contributed by atoms with Crippen LogP contribution in [0.1, 0.15) is 29.7 Å². The Morgan fingerprint density at radius 3 is 2.67 bits per heavy atom. The van der Waals surface area contributed by atoms with Crippen LogP contribution in [-0.4, -0.2) is 30.5 Å². The largest absolute Gasteiger partial charge is 0.370 e. The van der Waals surface area contributed by atoms with Crippen molar-refractivity contribution < 1.29 is 13.9 Å². The Hall–Kier alpha value is -1.37. The average Bonchev–Trinajstić information content (AvgIpc) is 2.65. The van der Waals surface area contributed by atoms with Gasteiger partial charge in [0.25, 0.3) is 0 Å². The Kier molecular flexibility index (Phi) is 7.89. The number of morpholine rings is 1. The molecular weight excluding hydrogens is 414 g/mol. The Labute approximate surface area is 173 Å². The van der Waals surface area contributed by atoms with Gasteiger partial charge in [0.15, 0.2) is 0 Å². The molecule has 0 spiro atoms. The van der Waals surface area contributed by atoms with Crippen molar-refractivity contribution in [3.8, 4) is 0 Å². The summed E-state index contributed by atoms with van der Waals surface area (Å²) in [6, 6.07) is 11.7. The normalized spacial score (nSPS) is 17.9. The minimum atomic E-state index is -0.566. The number of hydrogen-bond donors (Lipinski definition) is 1. The predicted octanol–water partition coefficient (Wildman–Crippen LogP) is 4.54. The van der Waals surface area contributed by atoms with Gasteiger partial charge in [0.2, 0.25) is 5.91 Å². The van der Waals surface area contributed by atoms with Gasteiger partial charge in [-0.3, -0.25) is 4.79 Å². The van der Waals surface area contributed by atoms with Gasteiger partial charge in [-0.25, -0.2) is 4.39 Å². The van der Waals surface area contributed by atoms with E-state index < -0.39 is 11.9 Å². The Bertz CT molecular complexity index is 792. The number of carbonyl (C=O) groups is 1. The Morgan fingerprint density at radius 1 is 1.26 bits per heavy atom. The molecule has 2 unspecified atom stereocenters. The average molecular weight is 434 g/mol. The van der Waals surface area contributed by atoms with Crippen molar-refractivity contribution in [3.63, 3.8) is 0 Å². The van der Waals surface area contributed by atoms with E-state index >= 15 is 0 Å². The lowest BCUT2D eigenvalue weighted by molar-refractivity contribution is -0.139. The fourth-order valence-electron chi connectivity index (χ4n) is 2.98. The maximum atomic E-state index is 13.8. The van der Waals surface area contributed by atoms with Crippen LogP contribution in [0.25, 0.3) is 0 Å². The molecule has 1 saturated heterocycles. The van der Waals surface area contributed by atoms with Gasteiger partial charge in [0.1, 0.15) is 11.9 Å². The fraction of sp³-hybridized carbons (Fsp3) is 0.316. The summed E-state index contributed by atoms with van der Waals surface area (Å²) in [7, 11) is 0. The van der Waals surface area contributed by atoms with Crippen LogP contribution in [0.3, 0.4) is 0 Å². The topological polar surface area (TPSA) is 55.6 Å². The van der Waals surface area contributed by atoms with Crippen molar-refractivity contribution in [1.82, 2.24) is 4.90 Å². The molecule has 27 heavy (non-hydrogen) atoms. The summed E-state index contributed by atoms with van der Waals surface area (Å²) in [6.45, 7) is 1.10. The van der Waals surface area contributed by atoms with Crippen LogP contribution < -0.4 is 5.73 Å². The van der Waals surface area contributed by atoms with E-state index in [0.717, 1.165) is 5.56 Å². The lowest BCUT2D eigenvalue weighted by atomic mass is 10.0. The van der Waals surface area contributed by atoms with Gasteiger partial charge in [0, 0.05) is 29.6 Å². The highest BCUT2D eigenvalue weighted by atomic mass is 35.5. The molecule has 1 aliphatic heterocycles. The summed E-state index contributed by atoms with van der Waals surface area (Å²) < 4.78 is 19.5. The third-order valence-corrected chi connectivity index (χ3v) is 5.04. The van der Waals surface area contributed by atoms with Gasteiger partial charge >= 0.3 is 0 Å². The summed E-state index contributed by atoms with van der Waals surface area (Å²) >= 11 is 11.9. The number of amides is 1. The quantitative estimate of drug-likeness (QED) is 0.720. The van der Waals surface area contributed by atoms with Crippen LogP contribution >= 0.6 is 35.6 Å². The van der Waals surface area contributed by atoms with Gasteiger partial charge < -0.3 is 15.4 Å². The molecule has 0 radical (unpaired) electrons. The van der Waals surface area contributed by atoms with E-state index in [1.165, 1.54) is 12.1 Å². The van der Waals surface area contributed by atoms with Crippen LogP contribution in [0.5, 0.6) is 0 Å². The molecule has 4 nitrogen and oxygen atoms in total. The number of rotatable bonds is 4. The van der Waals surface area contributed by atoms with Crippen LogP contribution in [0, 0.1) is 5.82 Å². The molecule has 3 rings (SSSR count). The van der Waals surface area contributed by atoms with Gasteiger partial charge in [-0.05, 0) is 17.7 Å². The molecule has 2 aromatic carbocycles. The van der Waals surface area contributed by atoms with E-state index in [9.17, 15) is 9.18 Å². The standard InChI is InChI=1S/C19H19Cl2FN2O2.ClH/c20-14-9-15(21)16(22)8-13(14)18-11-24(6-7-26-18)19(25)10-17(23)12-4-2-1-3-5-12;/h1-5,8-9,17-18H,6-7,10-11,23H2;1H. The maximum Gasteiger partial charge on any atom is 0.224 e. The lowest BCUT2D eigenvalue weighted by Gasteiger charge is -2.34. The predicted molar refractivity (Wildman–Crippen MR) is 107 cm³/mol. The lowest BCUT2D eigenvalue weighted by Crippen LogP contribution is -2.43. The number of carbonyl (C=O) groups excluding carboxylic acids is 1. The zero-order valence-corrected chi connectivity index (χ0v) is 16.7. The second-order valence-electron chi connectivity index (χ2n) is 6.21. The first kappa shape index (κ1) is 21.9. The summed E-state index contributed by atoms with van der Waals surface area (Å²) in [6.07, 6.45) is -0.306. The molecule has 1 aliphatic rings. The summed E-state index contributed by atoms with van der Waals surface area (Å²) in [4.78, 5) is 14.3. The summed E-state index contributed by atoms with van der Waals surface area (Å²) in [5.41, 5.74) is 7.54. The Morgan fingerprint density at radius 2 is 1.96 bits per heavy atom. The van der Waals surface area contributed by atoms with Crippen LogP contribution in [0.2, 0.25) is 10.0 Å². The van der Waals surface area contributed by atoms with Crippen LogP contribution in [0.15, 0.2) is 42.5 Å². The molecule has 0 aliphatic carbocycles. The minimum absolute atomic E-state index is 0. The van der Waals surface area contributed by atoms with E-state index in [0.29, 0.717) is 30.3 Å². The number of hydrogen-bond acceptors (Lipinski definition) is 3. The molecule has 0 saturated carbocycles. The summed E-state index contributed by atoms with van der Waals surface area (Å²) in [5, 5.41) is 0.271. The number of nitrogens with two attached hydrogens (primary N) is 1. The number of halogens is 4. The zero-order valence-electron chi connectivity index (χ0n) is 14.4. The summed E-state index contributed by atoms with van der Waals surface area (Å²) in [5.74, 6) is -0.635. The van der Waals surface area contributed by atoms with E-state index in [1.54, 1.807) is 4.90 Å². The molecule has 1 fully saturated rings. The van der Waals surface area contributed by atoms with Crippen molar-refractivity contribution in [3.05, 3.63) is 69.5 Å². The molecule has 0 bridgehead atoms. The van der Waals surface area contributed by atoms with Crippen LogP contribution in [0.4, 0.5) is 4.39 Å². The zero-order chi connectivity index (χ0) is 18.7. The van der Waals surface area contributed by atoms with E-state index in [2.05, 4.69) is 0 Å². The van der Waals surface area contributed by atoms with Crippen LogP contribution in [-0.2, 0) is 9.53 Å². The van der Waals surface area contributed by atoms with Gasteiger partial charge in [-0.2, -0.15) is 0 Å². The van der Waals surface area contributed by atoms with Crippen molar-refractivity contribution >= 4 is 41.5 Å². The highest BCUT2D eigenvalue weighted by Gasteiger charge is 2.28. The van der Waals surface area contributed by atoms with Crippen molar-refractivity contribution in [2.24, 2.45) is 5.73 Å². The van der Waals surface area contributed by atoms with Gasteiger partial charge in [-0.15, -0.1) is 12.4 Å². The second kappa shape index (κ2) is 9.71. The number of benzene rings is 2. The maximum absolute atomic E-state index is 13.8. The molecule has 146 valence electrons. The molecule has 2 aromatic rings. The molecule has 1 heterocycles. The van der Waals surface area contributed by atoms with Crippen molar-refractivity contribution in [2.75, 3.05) is 19.7 Å². The number of nitrogens with zero attached hydrogens (tertiary/aromatic N) is 1. The van der Waals surface area contributed by atoms with E-state index in [-0.39, 0.29) is 35.8 Å². The van der Waals surface area contributed by atoms with Crippen molar-refractivity contribution in [1.29, 1.82) is 0 Å². The van der Waals surface area contributed by atoms with Gasteiger partial charge in [-0.1, -0.05) is 53.5 Å². The van der Waals surface area contributed by atoms with E-state index in [1.807, 2.05) is 30.3 Å². The first-order valence-electron chi connectivity index (χ1n) is 8.30. The molecule has 1 amide bonds. The van der Waals surface area contributed by atoms with Gasteiger partial charge in [0.05, 0.1) is 18.2 Å². The monoisotopic (exact) mass is 432 g/mol. The fourth-order valence-corrected chi connectivity index (χ4v) is 3.49. The number of ether oxygens (including phenoxy) is 1. The highest BCUT2D eigenvalue weighted by Crippen LogP contribution is 2.32.